The van der Waals surface area contributed by atoms with E-state index in [1.54, 1.807) is 6.92 Å². The van der Waals surface area contributed by atoms with Gasteiger partial charge in [0.1, 0.15) is 9.88 Å². The number of aryl methyl sites for hydroxylation is 1. The highest BCUT2D eigenvalue weighted by Gasteiger charge is 2.16. The van der Waals surface area contributed by atoms with E-state index in [1.807, 2.05) is 0 Å². The van der Waals surface area contributed by atoms with Crippen LogP contribution in [-0.2, 0) is 6.54 Å². The summed E-state index contributed by atoms with van der Waals surface area (Å²) in [7, 11) is 0. The fourth-order valence-electron chi connectivity index (χ4n) is 2.26. The molecule has 1 aliphatic carbocycles. The van der Waals surface area contributed by atoms with E-state index in [0.717, 1.165) is 5.01 Å². The predicted molar refractivity (Wildman–Crippen MR) is 67.5 cm³/mol. The van der Waals surface area contributed by atoms with E-state index in [-0.39, 0.29) is 0 Å². The summed E-state index contributed by atoms with van der Waals surface area (Å²) in [4.78, 5) is 15.5. The molecule has 1 fully saturated rings. The number of nitrogens with zero attached hydrogens (tertiary/aromatic N) is 1. The van der Waals surface area contributed by atoms with Crippen LogP contribution in [0.25, 0.3) is 0 Å². The van der Waals surface area contributed by atoms with Crippen LogP contribution < -0.4 is 5.32 Å². The SMILES string of the molecule is Cc1nc(CNC2CCCCC2)sc1C(=O)O. The van der Waals surface area contributed by atoms with Gasteiger partial charge in [-0.3, -0.25) is 0 Å². The summed E-state index contributed by atoms with van der Waals surface area (Å²) in [6, 6.07) is 0.584. The third kappa shape index (κ3) is 3.26. The van der Waals surface area contributed by atoms with Gasteiger partial charge in [0, 0.05) is 12.6 Å². The molecule has 0 atom stereocenters. The Balaban J connectivity index is 1.90. The van der Waals surface area contributed by atoms with Crippen LogP contribution in [0, 0.1) is 6.92 Å². The molecule has 5 heteroatoms. The van der Waals surface area contributed by atoms with Crippen LogP contribution in [-0.4, -0.2) is 22.1 Å². The normalized spacial score (nSPS) is 17.2. The minimum atomic E-state index is -0.871. The van der Waals surface area contributed by atoms with Gasteiger partial charge in [-0.2, -0.15) is 0 Å². The van der Waals surface area contributed by atoms with Gasteiger partial charge in [0.15, 0.2) is 0 Å². The maximum absolute atomic E-state index is 10.9. The Bertz CT molecular complexity index is 397. The molecule has 0 unspecified atom stereocenters. The van der Waals surface area contributed by atoms with E-state index < -0.39 is 5.97 Å². The molecule has 0 bridgehead atoms. The predicted octanol–water partition coefficient (Wildman–Crippen LogP) is 2.57. The third-order valence-electron chi connectivity index (χ3n) is 3.18. The van der Waals surface area contributed by atoms with Gasteiger partial charge < -0.3 is 10.4 Å². The van der Waals surface area contributed by atoms with E-state index >= 15 is 0 Å². The molecule has 4 nitrogen and oxygen atoms in total. The van der Waals surface area contributed by atoms with Gasteiger partial charge in [0.2, 0.25) is 0 Å². The first-order valence-corrected chi connectivity index (χ1v) is 6.91. The van der Waals surface area contributed by atoms with Gasteiger partial charge in [-0.1, -0.05) is 19.3 Å². The van der Waals surface area contributed by atoms with Crippen molar-refractivity contribution in [3.05, 3.63) is 15.6 Å². The zero-order chi connectivity index (χ0) is 12.3. The van der Waals surface area contributed by atoms with Crippen LogP contribution in [0.4, 0.5) is 0 Å². The van der Waals surface area contributed by atoms with Crippen LogP contribution >= 0.6 is 11.3 Å². The second-order valence-corrected chi connectivity index (χ2v) is 5.63. The molecule has 0 aliphatic heterocycles. The lowest BCUT2D eigenvalue weighted by Gasteiger charge is -2.22. The molecule has 1 aromatic rings. The molecule has 0 radical (unpaired) electrons. The van der Waals surface area contributed by atoms with E-state index in [2.05, 4.69) is 10.3 Å². The summed E-state index contributed by atoms with van der Waals surface area (Å²) >= 11 is 1.28. The van der Waals surface area contributed by atoms with Gasteiger partial charge >= 0.3 is 5.97 Å². The largest absolute Gasteiger partial charge is 0.477 e. The van der Waals surface area contributed by atoms with Crippen LogP contribution in [0.2, 0.25) is 0 Å². The minimum absolute atomic E-state index is 0.366. The first kappa shape index (κ1) is 12.5. The summed E-state index contributed by atoms with van der Waals surface area (Å²) in [6.45, 7) is 2.45. The number of carbonyl (C=O) groups is 1. The Kier molecular flexibility index (Phi) is 4.12. The number of thiazole rings is 1. The number of carboxylic acids is 1. The van der Waals surface area contributed by atoms with Crippen LogP contribution in [0.15, 0.2) is 0 Å². The van der Waals surface area contributed by atoms with E-state index in [1.165, 1.54) is 43.4 Å². The summed E-state index contributed by atoms with van der Waals surface area (Å²) in [5.41, 5.74) is 0.628. The summed E-state index contributed by atoms with van der Waals surface area (Å²) in [5.74, 6) is -0.871. The highest BCUT2D eigenvalue weighted by Crippen LogP contribution is 2.20. The monoisotopic (exact) mass is 254 g/mol. The molecule has 2 rings (SSSR count). The number of aromatic carboxylic acids is 1. The second-order valence-electron chi connectivity index (χ2n) is 4.54. The van der Waals surface area contributed by atoms with Gasteiger partial charge in [0.05, 0.1) is 5.69 Å². The molecular formula is C12H18N2O2S. The average Bonchev–Trinajstić information content (AvgIpc) is 2.69. The number of hydrogen-bond donors (Lipinski definition) is 2. The van der Waals surface area contributed by atoms with E-state index in [0.29, 0.717) is 23.2 Å². The van der Waals surface area contributed by atoms with Crippen LogP contribution in [0.3, 0.4) is 0 Å². The maximum Gasteiger partial charge on any atom is 0.347 e. The average molecular weight is 254 g/mol. The summed E-state index contributed by atoms with van der Waals surface area (Å²) < 4.78 is 0. The van der Waals surface area contributed by atoms with Crippen LogP contribution in [0.1, 0.15) is 52.5 Å². The van der Waals surface area contributed by atoms with Crippen molar-refractivity contribution in [1.29, 1.82) is 0 Å². The van der Waals surface area contributed by atoms with Crippen molar-refractivity contribution in [2.45, 2.75) is 51.6 Å². The summed E-state index contributed by atoms with van der Waals surface area (Å²) in [5, 5.41) is 13.3. The zero-order valence-corrected chi connectivity index (χ0v) is 10.8. The van der Waals surface area contributed by atoms with Gasteiger partial charge in [-0.25, -0.2) is 9.78 Å². The van der Waals surface area contributed by atoms with Crippen molar-refractivity contribution in [2.24, 2.45) is 0 Å². The number of hydrogen-bond acceptors (Lipinski definition) is 4. The molecular weight excluding hydrogens is 236 g/mol. The molecule has 1 saturated carbocycles. The van der Waals surface area contributed by atoms with Crippen LogP contribution in [0.5, 0.6) is 0 Å². The molecule has 0 amide bonds. The Morgan fingerprint density at radius 2 is 2.18 bits per heavy atom. The number of rotatable bonds is 4. The molecule has 0 saturated heterocycles. The molecule has 0 aromatic carbocycles. The molecule has 1 heterocycles. The molecule has 17 heavy (non-hydrogen) atoms. The summed E-state index contributed by atoms with van der Waals surface area (Å²) in [6.07, 6.45) is 6.41. The van der Waals surface area contributed by atoms with E-state index in [4.69, 9.17) is 5.11 Å². The molecule has 1 aromatic heterocycles. The number of aromatic nitrogens is 1. The topological polar surface area (TPSA) is 62.2 Å². The first-order valence-electron chi connectivity index (χ1n) is 6.10. The molecule has 1 aliphatic rings. The lowest BCUT2D eigenvalue weighted by molar-refractivity contribution is 0.0701. The molecule has 0 spiro atoms. The third-order valence-corrected chi connectivity index (χ3v) is 4.33. The van der Waals surface area contributed by atoms with Gasteiger partial charge in [0.25, 0.3) is 0 Å². The Morgan fingerprint density at radius 1 is 1.47 bits per heavy atom. The van der Waals surface area contributed by atoms with Gasteiger partial charge in [-0.05, 0) is 19.8 Å². The Hall–Kier alpha value is -0.940. The zero-order valence-electron chi connectivity index (χ0n) is 10.0. The lowest BCUT2D eigenvalue weighted by Crippen LogP contribution is -2.30. The van der Waals surface area contributed by atoms with Crippen molar-refractivity contribution < 1.29 is 9.90 Å². The fraction of sp³-hybridized carbons (Fsp3) is 0.667. The smallest absolute Gasteiger partial charge is 0.347 e. The van der Waals surface area contributed by atoms with Crippen molar-refractivity contribution in [1.82, 2.24) is 10.3 Å². The highest BCUT2D eigenvalue weighted by molar-refractivity contribution is 7.13. The van der Waals surface area contributed by atoms with Crippen molar-refractivity contribution in [2.75, 3.05) is 0 Å². The number of carboxylic acid groups (broad SMARTS) is 1. The fourth-order valence-corrected chi connectivity index (χ4v) is 3.12. The van der Waals surface area contributed by atoms with E-state index in [9.17, 15) is 4.79 Å². The van der Waals surface area contributed by atoms with Crippen molar-refractivity contribution in [3.8, 4) is 0 Å². The Labute approximate surface area is 105 Å². The molecule has 94 valence electrons. The second kappa shape index (κ2) is 5.60. The standard InChI is InChI=1S/C12H18N2O2S/c1-8-11(12(15)16)17-10(14-8)7-13-9-5-3-2-4-6-9/h9,13H,2-7H2,1H3,(H,15,16). The Morgan fingerprint density at radius 3 is 2.76 bits per heavy atom. The maximum atomic E-state index is 10.9. The highest BCUT2D eigenvalue weighted by atomic mass is 32.1. The number of nitrogens with one attached hydrogen (secondary N) is 1. The minimum Gasteiger partial charge on any atom is -0.477 e. The quantitative estimate of drug-likeness (QED) is 0.867. The lowest BCUT2D eigenvalue weighted by atomic mass is 9.96. The van der Waals surface area contributed by atoms with Crippen molar-refractivity contribution in [3.63, 3.8) is 0 Å². The molecule has 2 N–H and O–H groups in total. The van der Waals surface area contributed by atoms with Crippen molar-refractivity contribution >= 4 is 17.3 Å². The first-order chi connectivity index (χ1) is 8.16. The van der Waals surface area contributed by atoms with Gasteiger partial charge in [-0.15, -0.1) is 11.3 Å².